The molecule has 10 heteroatoms. The molecule has 0 amide bonds. The molecule has 0 spiro atoms. The van der Waals surface area contributed by atoms with E-state index >= 15 is 0 Å². The first-order valence-electron chi connectivity index (χ1n) is 8.03. The fourth-order valence-corrected chi connectivity index (χ4v) is 3.27. The van der Waals surface area contributed by atoms with Crippen molar-refractivity contribution < 1.29 is 0 Å². The predicted octanol–water partition coefficient (Wildman–Crippen LogP) is -0.0981. The molecule has 3 aromatic rings. The van der Waals surface area contributed by atoms with Crippen LogP contribution in [0.5, 0.6) is 0 Å². The molecule has 1 aliphatic rings. The van der Waals surface area contributed by atoms with Crippen molar-refractivity contribution in [2.24, 2.45) is 11.7 Å². The lowest BCUT2D eigenvalue weighted by molar-refractivity contribution is 0.347. The van der Waals surface area contributed by atoms with Gasteiger partial charge >= 0.3 is 0 Å². The number of piperidine rings is 1. The summed E-state index contributed by atoms with van der Waals surface area (Å²) < 4.78 is 1.87. The van der Waals surface area contributed by atoms with E-state index in [1.54, 1.807) is 6.20 Å². The van der Waals surface area contributed by atoms with Crippen LogP contribution in [-0.4, -0.2) is 48.2 Å². The van der Waals surface area contributed by atoms with Gasteiger partial charge in [-0.05, 0) is 18.8 Å². The van der Waals surface area contributed by atoms with Crippen molar-refractivity contribution >= 4 is 22.8 Å². The summed E-state index contributed by atoms with van der Waals surface area (Å²) in [7, 11) is 0. The maximum absolute atomic E-state index is 5.84. The molecule has 4 rings (SSSR count). The van der Waals surface area contributed by atoms with Crippen molar-refractivity contribution in [3.05, 3.63) is 18.1 Å². The number of aromatic nitrogens is 7. The minimum atomic E-state index is 0.257. The number of aromatic amines is 1. The van der Waals surface area contributed by atoms with E-state index in [0.717, 1.165) is 49.4 Å². The summed E-state index contributed by atoms with van der Waals surface area (Å²) >= 11 is 0. The molecule has 0 radical (unpaired) electrons. The quantitative estimate of drug-likeness (QED) is 0.603. The molecule has 1 aliphatic heterocycles. The number of nitrogen functional groups attached to an aromatic ring is 1. The summed E-state index contributed by atoms with van der Waals surface area (Å²) in [5.41, 5.74) is 12.9. The molecule has 4 heterocycles. The standard InChI is InChI=1S/C14H20N10/c15-4-10-8-24(22-20-10)7-9-2-1-3-23(6-9)13-11-5-17-21-12(11)18-14(16)19-13/h5,8-9H,1-4,6-7,15H2,(H3,16,17,18,19,21)/t9-/m1/s1. The molecule has 0 unspecified atom stereocenters. The maximum atomic E-state index is 5.84. The summed E-state index contributed by atoms with van der Waals surface area (Å²) in [4.78, 5) is 10.9. The molecule has 0 saturated carbocycles. The zero-order valence-corrected chi connectivity index (χ0v) is 13.3. The first-order chi connectivity index (χ1) is 11.7. The molecule has 24 heavy (non-hydrogen) atoms. The van der Waals surface area contributed by atoms with Gasteiger partial charge in [0.1, 0.15) is 5.82 Å². The van der Waals surface area contributed by atoms with E-state index in [-0.39, 0.29) is 5.95 Å². The van der Waals surface area contributed by atoms with Gasteiger partial charge in [0.15, 0.2) is 5.65 Å². The highest BCUT2D eigenvalue weighted by Gasteiger charge is 2.24. The highest BCUT2D eigenvalue weighted by atomic mass is 15.4. The number of nitrogens with zero attached hydrogens (tertiary/aromatic N) is 7. The molecule has 1 saturated heterocycles. The van der Waals surface area contributed by atoms with E-state index in [4.69, 9.17) is 11.5 Å². The van der Waals surface area contributed by atoms with Crippen LogP contribution in [0.15, 0.2) is 12.4 Å². The lowest BCUT2D eigenvalue weighted by Crippen LogP contribution is -2.38. The lowest BCUT2D eigenvalue weighted by atomic mass is 9.98. The highest BCUT2D eigenvalue weighted by molar-refractivity contribution is 5.87. The van der Waals surface area contributed by atoms with Crippen molar-refractivity contribution in [2.75, 3.05) is 23.7 Å². The van der Waals surface area contributed by atoms with Crippen LogP contribution in [0.4, 0.5) is 11.8 Å². The smallest absolute Gasteiger partial charge is 0.224 e. The van der Waals surface area contributed by atoms with Crippen molar-refractivity contribution in [2.45, 2.75) is 25.9 Å². The number of fused-ring (bicyclic) bond motifs is 1. The lowest BCUT2D eigenvalue weighted by Gasteiger charge is -2.33. The van der Waals surface area contributed by atoms with E-state index in [9.17, 15) is 0 Å². The van der Waals surface area contributed by atoms with Crippen LogP contribution in [0.25, 0.3) is 11.0 Å². The molecule has 0 aromatic carbocycles. The summed E-state index contributed by atoms with van der Waals surface area (Å²) in [5.74, 6) is 1.56. The average Bonchev–Trinajstić information content (AvgIpc) is 3.23. The number of anilines is 2. The molecule has 10 nitrogen and oxygen atoms in total. The second-order valence-corrected chi connectivity index (χ2v) is 6.13. The van der Waals surface area contributed by atoms with Gasteiger partial charge in [-0.3, -0.25) is 9.78 Å². The fourth-order valence-electron chi connectivity index (χ4n) is 3.27. The Kier molecular flexibility index (Phi) is 3.73. The van der Waals surface area contributed by atoms with Crippen molar-refractivity contribution in [3.63, 3.8) is 0 Å². The third-order valence-electron chi connectivity index (χ3n) is 4.37. The summed E-state index contributed by atoms with van der Waals surface area (Å²) in [6.45, 7) is 3.06. The zero-order valence-electron chi connectivity index (χ0n) is 13.3. The van der Waals surface area contributed by atoms with Crippen LogP contribution in [0.2, 0.25) is 0 Å². The minimum absolute atomic E-state index is 0.257. The van der Waals surface area contributed by atoms with Gasteiger partial charge in [-0.1, -0.05) is 5.21 Å². The number of H-pyrrole nitrogens is 1. The molecular weight excluding hydrogens is 308 g/mol. The normalized spacial score (nSPS) is 18.4. The van der Waals surface area contributed by atoms with Gasteiger partial charge in [0.05, 0.1) is 17.3 Å². The Morgan fingerprint density at radius 1 is 1.33 bits per heavy atom. The van der Waals surface area contributed by atoms with Gasteiger partial charge in [0.25, 0.3) is 0 Å². The van der Waals surface area contributed by atoms with Crippen LogP contribution in [0.1, 0.15) is 18.5 Å². The first kappa shape index (κ1) is 14.8. The highest BCUT2D eigenvalue weighted by Crippen LogP contribution is 2.28. The van der Waals surface area contributed by atoms with Gasteiger partial charge in [-0.15, -0.1) is 5.10 Å². The zero-order chi connectivity index (χ0) is 16.5. The van der Waals surface area contributed by atoms with E-state index in [1.165, 1.54) is 0 Å². The topological polar surface area (TPSA) is 140 Å². The Hall–Kier alpha value is -2.75. The van der Waals surface area contributed by atoms with E-state index < -0.39 is 0 Å². The summed E-state index contributed by atoms with van der Waals surface area (Å²) in [6.07, 6.45) is 5.89. The van der Waals surface area contributed by atoms with E-state index in [1.807, 2.05) is 10.9 Å². The van der Waals surface area contributed by atoms with Gasteiger partial charge in [0.2, 0.25) is 5.95 Å². The molecule has 0 aliphatic carbocycles. The van der Waals surface area contributed by atoms with Gasteiger partial charge in [-0.2, -0.15) is 15.1 Å². The molecule has 3 aromatic heterocycles. The summed E-state index contributed by atoms with van der Waals surface area (Å²) in [5, 5.41) is 16.0. The number of rotatable bonds is 4. The Morgan fingerprint density at radius 2 is 2.25 bits per heavy atom. The first-order valence-corrected chi connectivity index (χ1v) is 8.03. The van der Waals surface area contributed by atoms with Crippen LogP contribution in [0, 0.1) is 5.92 Å². The van der Waals surface area contributed by atoms with Crippen LogP contribution in [-0.2, 0) is 13.1 Å². The van der Waals surface area contributed by atoms with Crippen molar-refractivity contribution in [1.82, 2.24) is 35.2 Å². The minimum Gasteiger partial charge on any atom is -0.368 e. The van der Waals surface area contributed by atoms with E-state index in [2.05, 4.69) is 35.4 Å². The maximum Gasteiger partial charge on any atom is 0.224 e. The molecule has 1 atom stereocenters. The molecule has 126 valence electrons. The molecule has 0 bridgehead atoms. The van der Waals surface area contributed by atoms with Crippen molar-refractivity contribution in [1.29, 1.82) is 0 Å². The molecule has 1 fully saturated rings. The average molecular weight is 328 g/mol. The van der Waals surface area contributed by atoms with Crippen LogP contribution >= 0.6 is 0 Å². The number of nitrogens with one attached hydrogen (secondary N) is 1. The Labute approximate surface area is 138 Å². The number of nitrogens with two attached hydrogens (primary N) is 2. The van der Waals surface area contributed by atoms with Crippen LogP contribution in [0.3, 0.4) is 0 Å². The summed E-state index contributed by atoms with van der Waals surface area (Å²) in [6, 6.07) is 0. The Balaban J connectivity index is 1.54. The van der Waals surface area contributed by atoms with E-state index in [0.29, 0.717) is 18.1 Å². The fraction of sp³-hybridized carbons (Fsp3) is 0.500. The van der Waals surface area contributed by atoms with Crippen molar-refractivity contribution in [3.8, 4) is 0 Å². The second kappa shape index (κ2) is 6.04. The Morgan fingerprint density at radius 3 is 3.08 bits per heavy atom. The van der Waals surface area contributed by atoms with Crippen LogP contribution < -0.4 is 16.4 Å². The van der Waals surface area contributed by atoms with Gasteiger partial charge < -0.3 is 16.4 Å². The number of hydrogen-bond donors (Lipinski definition) is 3. The monoisotopic (exact) mass is 328 g/mol. The largest absolute Gasteiger partial charge is 0.368 e. The SMILES string of the molecule is NCc1cn(C[C@@H]2CCCN(c3nc(N)nc4[nH]ncc34)C2)nn1. The number of hydrogen-bond acceptors (Lipinski definition) is 8. The van der Waals surface area contributed by atoms with Gasteiger partial charge in [0, 0.05) is 32.4 Å². The van der Waals surface area contributed by atoms with Gasteiger partial charge in [-0.25, -0.2) is 0 Å². The molecule has 5 N–H and O–H groups in total. The molecular formula is C14H20N10. The predicted molar refractivity (Wildman–Crippen MR) is 88.9 cm³/mol. The second-order valence-electron chi connectivity index (χ2n) is 6.13. The Bertz CT molecular complexity index is 837. The third kappa shape index (κ3) is 2.75. The third-order valence-corrected chi connectivity index (χ3v) is 4.37.